The third kappa shape index (κ3) is 3.08. The second kappa shape index (κ2) is 5.02. The summed E-state index contributed by atoms with van der Waals surface area (Å²) in [5, 5.41) is 0. The fourth-order valence-electron chi connectivity index (χ4n) is 1.95. The van der Waals surface area contributed by atoms with E-state index in [0.29, 0.717) is 5.41 Å². The van der Waals surface area contributed by atoms with Crippen LogP contribution in [-0.2, 0) is 4.79 Å². The molecule has 3 heteroatoms. The van der Waals surface area contributed by atoms with Gasteiger partial charge in [0.05, 0.1) is 0 Å². The van der Waals surface area contributed by atoms with Crippen molar-refractivity contribution in [2.24, 2.45) is 11.3 Å². The van der Waals surface area contributed by atoms with Crippen LogP contribution in [0.4, 0.5) is 0 Å². The van der Waals surface area contributed by atoms with Gasteiger partial charge < -0.3 is 12.4 Å². The molecule has 15 heavy (non-hydrogen) atoms. The van der Waals surface area contributed by atoms with Gasteiger partial charge in [0.2, 0.25) is 0 Å². The van der Waals surface area contributed by atoms with E-state index in [1.54, 1.807) is 6.08 Å². The number of carbonyl (C=O) groups is 1. The third-order valence-electron chi connectivity index (χ3n) is 3.00. The van der Waals surface area contributed by atoms with Gasteiger partial charge in [0, 0.05) is 0 Å². The molecule has 78 valence electrons. The molecule has 0 aliphatic heterocycles. The van der Waals surface area contributed by atoms with Crippen LogP contribution in [0.3, 0.4) is 0 Å². The summed E-state index contributed by atoms with van der Waals surface area (Å²) in [6.07, 6.45) is 6.81. The Morgan fingerprint density at radius 1 is 1.40 bits per heavy atom. The molecule has 1 nitrogen and oxygen atoms in total. The summed E-state index contributed by atoms with van der Waals surface area (Å²) >= 11 is 0. The molecule has 0 saturated heterocycles. The first-order valence-corrected chi connectivity index (χ1v) is 4.77. The van der Waals surface area contributed by atoms with Gasteiger partial charge >= 0.3 is 23.1 Å². The molecule has 2 aliphatic carbocycles. The van der Waals surface area contributed by atoms with Crippen LogP contribution in [0.25, 0.3) is 0 Å². The number of hydrogen-bond acceptors (Lipinski definition) is 1. The number of hydrogen-bond donors (Lipinski definition) is 0. The van der Waals surface area contributed by atoms with E-state index in [0.717, 1.165) is 6.42 Å². The Bertz CT molecular complexity index is 318. The summed E-state index contributed by atoms with van der Waals surface area (Å²) in [6.45, 7) is 6.46. The quantitative estimate of drug-likeness (QED) is 0.434. The zero-order chi connectivity index (χ0) is 9.64. The van der Waals surface area contributed by atoms with E-state index in [2.05, 4.69) is 19.9 Å². The van der Waals surface area contributed by atoms with Crippen molar-refractivity contribution < 1.29 is 17.2 Å². The average Bonchev–Trinajstić information content (AvgIpc) is 2.65. The minimum absolute atomic E-state index is 0. The fourth-order valence-corrected chi connectivity index (χ4v) is 1.95. The summed E-state index contributed by atoms with van der Waals surface area (Å²) in [5.74, 6) is 1.74. The molecule has 1 atom stereocenters. The molecule has 0 aromatic carbocycles. The molecule has 0 aromatic rings. The maximum absolute atomic E-state index is 11.6. The zero-order valence-electron chi connectivity index (χ0n) is 9.51. The van der Waals surface area contributed by atoms with E-state index in [9.17, 15) is 4.79 Å². The predicted molar refractivity (Wildman–Crippen MR) is 58.8 cm³/mol. The Kier molecular flexibility index (Phi) is 5.09. The van der Waals surface area contributed by atoms with Gasteiger partial charge in [0.15, 0.2) is 0 Å². The number of halogens is 1. The maximum atomic E-state index is 11.6. The molecular formula is C12H15ClMgO. The monoisotopic (exact) mass is 234 g/mol. The number of ketones is 1. The van der Waals surface area contributed by atoms with Crippen LogP contribution in [0.1, 0.15) is 27.2 Å². The van der Waals surface area contributed by atoms with Crippen LogP contribution in [-0.4, -0.2) is 28.8 Å². The van der Waals surface area contributed by atoms with Crippen molar-refractivity contribution in [1.82, 2.24) is 0 Å². The van der Waals surface area contributed by atoms with Crippen LogP contribution >= 0.6 is 0 Å². The first-order chi connectivity index (χ1) is 6.00. The van der Waals surface area contributed by atoms with Crippen LogP contribution in [0.2, 0.25) is 0 Å². The SMILES string of the molecule is CC1=CC([C-]2CC2(C)C)C(=O)C=C1.[Cl-].[Mg+2]. The summed E-state index contributed by atoms with van der Waals surface area (Å²) in [5.41, 5.74) is 1.52. The van der Waals surface area contributed by atoms with Crippen molar-refractivity contribution in [3.63, 3.8) is 0 Å². The van der Waals surface area contributed by atoms with Crippen molar-refractivity contribution in [2.75, 3.05) is 0 Å². The van der Waals surface area contributed by atoms with Crippen molar-refractivity contribution in [2.45, 2.75) is 27.2 Å². The molecule has 0 heterocycles. The van der Waals surface area contributed by atoms with Gasteiger partial charge in [-0.25, -0.2) is 0 Å². The Labute approximate surface area is 114 Å². The largest absolute Gasteiger partial charge is 2.00 e. The van der Waals surface area contributed by atoms with Crippen molar-refractivity contribution in [3.05, 3.63) is 29.7 Å². The Morgan fingerprint density at radius 2 is 1.93 bits per heavy atom. The van der Waals surface area contributed by atoms with E-state index >= 15 is 0 Å². The standard InChI is InChI=1S/C12H15O.ClH.Mg/c1-8-4-5-11(13)9(6-8)10-7-12(10,2)3;;/h4-6,9H,7H2,1-3H3;1H;/q-1;;+2/p-1. The third-order valence-corrected chi connectivity index (χ3v) is 3.00. The molecular weight excluding hydrogens is 220 g/mol. The second-order valence-electron chi connectivity index (χ2n) is 4.71. The molecule has 0 aromatic heterocycles. The van der Waals surface area contributed by atoms with Gasteiger partial charge in [-0.2, -0.15) is 11.8 Å². The summed E-state index contributed by atoms with van der Waals surface area (Å²) in [6, 6.07) is 0. The van der Waals surface area contributed by atoms with Gasteiger partial charge in [-0.1, -0.05) is 31.4 Å². The van der Waals surface area contributed by atoms with Gasteiger partial charge in [-0.15, -0.1) is 6.08 Å². The molecule has 1 fully saturated rings. The maximum Gasteiger partial charge on any atom is 2.00 e. The first kappa shape index (κ1) is 15.2. The predicted octanol–water partition coefficient (Wildman–Crippen LogP) is -0.685. The molecule has 1 unspecified atom stereocenters. The van der Waals surface area contributed by atoms with E-state index in [4.69, 9.17) is 0 Å². The molecule has 0 bridgehead atoms. The minimum atomic E-state index is 0. The molecule has 0 radical (unpaired) electrons. The van der Waals surface area contributed by atoms with Crippen LogP contribution in [0, 0.1) is 17.3 Å². The van der Waals surface area contributed by atoms with Crippen LogP contribution in [0.15, 0.2) is 23.8 Å². The average molecular weight is 235 g/mol. The topological polar surface area (TPSA) is 17.1 Å². The summed E-state index contributed by atoms with van der Waals surface area (Å²) in [4.78, 5) is 11.6. The van der Waals surface area contributed by atoms with Crippen molar-refractivity contribution in [3.8, 4) is 0 Å². The van der Waals surface area contributed by atoms with E-state index in [1.165, 1.54) is 11.5 Å². The zero-order valence-corrected chi connectivity index (χ0v) is 11.7. The van der Waals surface area contributed by atoms with E-state index < -0.39 is 0 Å². The molecule has 0 amide bonds. The number of rotatable bonds is 1. The van der Waals surface area contributed by atoms with E-state index in [1.807, 2.05) is 13.0 Å². The second-order valence-corrected chi connectivity index (χ2v) is 4.71. The molecule has 0 spiro atoms. The normalized spacial score (nSPS) is 27.5. The first-order valence-electron chi connectivity index (χ1n) is 4.77. The number of allylic oxidation sites excluding steroid dienone is 4. The van der Waals surface area contributed by atoms with Crippen LogP contribution < -0.4 is 12.4 Å². The molecule has 1 saturated carbocycles. The molecule has 2 rings (SSSR count). The van der Waals surface area contributed by atoms with Gasteiger partial charge in [-0.3, -0.25) is 10.7 Å². The Balaban J connectivity index is 0.000000980. The van der Waals surface area contributed by atoms with Gasteiger partial charge in [0.1, 0.15) is 5.78 Å². The van der Waals surface area contributed by atoms with Crippen molar-refractivity contribution >= 4 is 28.8 Å². The van der Waals surface area contributed by atoms with Gasteiger partial charge in [0.25, 0.3) is 0 Å². The van der Waals surface area contributed by atoms with Gasteiger partial charge in [-0.05, 0) is 13.0 Å². The minimum Gasteiger partial charge on any atom is -1.00 e. The van der Waals surface area contributed by atoms with Crippen LogP contribution in [0.5, 0.6) is 0 Å². The molecule has 2 aliphatic rings. The molecule has 0 N–H and O–H groups in total. The Hall–Kier alpha value is 0.206. The van der Waals surface area contributed by atoms with E-state index in [-0.39, 0.29) is 47.2 Å². The smallest absolute Gasteiger partial charge is 1.00 e. The summed E-state index contributed by atoms with van der Waals surface area (Å²) in [7, 11) is 0. The summed E-state index contributed by atoms with van der Waals surface area (Å²) < 4.78 is 0. The Morgan fingerprint density at radius 3 is 2.40 bits per heavy atom. The van der Waals surface area contributed by atoms with Crippen molar-refractivity contribution in [1.29, 1.82) is 0 Å². The fraction of sp³-hybridized carbons (Fsp3) is 0.500. The number of carbonyl (C=O) groups excluding carboxylic acids is 1.